The van der Waals surface area contributed by atoms with Gasteiger partial charge in [0.1, 0.15) is 5.76 Å². The molecule has 2 aromatic heterocycles. The molecular formula is C17H18BrN3O2. The number of amides is 1. The normalized spacial score (nSPS) is 11.1. The van der Waals surface area contributed by atoms with E-state index in [1.807, 2.05) is 26.1 Å². The summed E-state index contributed by atoms with van der Waals surface area (Å²) in [6.07, 6.45) is 2.35. The van der Waals surface area contributed by atoms with Crippen LogP contribution in [-0.2, 0) is 17.8 Å². The molecule has 0 spiro atoms. The molecule has 1 N–H and O–H groups in total. The molecular weight excluding hydrogens is 358 g/mol. The number of nitrogens with zero attached hydrogens (tertiary/aromatic N) is 2. The van der Waals surface area contributed by atoms with Crippen LogP contribution in [0.15, 0.2) is 39.5 Å². The van der Waals surface area contributed by atoms with Gasteiger partial charge < -0.3 is 14.4 Å². The van der Waals surface area contributed by atoms with E-state index in [1.54, 1.807) is 0 Å². The Kier molecular flexibility index (Phi) is 4.52. The summed E-state index contributed by atoms with van der Waals surface area (Å²) in [7, 11) is 0. The van der Waals surface area contributed by atoms with E-state index in [4.69, 9.17) is 4.52 Å². The fraction of sp³-hybridized carbons (Fsp3) is 0.294. The average molecular weight is 376 g/mol. The quantitative estimate of drug-likeness (QED) is 0.743. The van der Waals surface area contributed by atoms with Crippen molar-refractivity contribution in [2.45, 2.75) is 26.8 Å². The summed E-state index contributed by atoms with van der Waals surface area (Å²) < 4.78 is 8.28. The number of aryl methyl sites for hydroxylation is 2. The molecule has 0 bridgehead atoms. The molecule has 0 aliphatic carbocycles. The maximum Gasteiger partial charge on any atom is 0.224 e. The molecule has 1 aromatic carbocycles. The van der Waals surface area contributed by atoms with Crippen molar-refractivity contribution in [2.24, 2.45) is 0 Å². The Balaban J connectivity index is 1.57. The van der Waals surface area contributed by atoms with Crippen molar-refractivity contribution in [3.63, 3.8) is 0 Å². The third-order valence-electron chi connectivity index (χ3n) is 3.93. The largest absolute Gasteiger partial charge is 0.361 e. The predicted molar refractivity (Wildman–Crippen MR) is 92.3 cm³/mol. The second-order valence-corrected chi connectivity index (χ2v) is 6.46. The number of halogens is 1. The van der Waals surface area contributed by atoms with Gasteiger partial charge in [-0.2, -0.15) is 0 Å². The molecule has 3 aromatic rings. The lowest BCUT2D eigenvalue weighted by molar-refractivity contribution is -0.120. The highest BCUT2D eigenvalue weighted by atomic mass is 79.9. The second-order valence-electron chi connectivity index (χ2n) is 5.54. The van der Waals surface area contributed by atoms with Crippen molar-refractivity contribution in [1.82, 2.24) is 15.0 Å². The van der Waals surface area contributed by atoms with Gasteiger partial charge in [-0.15, -0.1) is 0 Å². The molecule has 3 rings (SSSR count). The van der Waals surface area contributed by atoms with Crippen LogP contribution in [0.4, 0.5) is 0 Å². The zero-order valence-corrected chi connectivity index (χ0v) is 14.7. The minimum absolute atomic E-state index is 0.0152. The Labute approximate surface area is 142 Å². The van der Waals surface area contributed by atoms with Crippen molar-refractivity contribution >= 4 is 32.7 Å². The first-order chi connectivity index (χ1) is 11.0. The van der Waals surface area contributed by atoms with Crippen LogP contribution < -0.4 is 5.32 Å². The first-order valence-corrected chi connectivity index (χ1v) is 8.27. The molecule has 0 unspecified atom stereocenters. The standard InChI is InChI=1S/C17H18BrN3O2/c1-11-15(12(2)23-20-11)10-17(22)19-6-8-21-7-5-13-9-14(18)3-4-16(13)21/h3-5,7,9H,6,8,10H2,1-2H3,(H,19,22). The first kappa shape index (κ1) is 15.8. The van der Waals surface area contributed by atoms with E-state index in [-0.39, 0.29) is 5.91 Å². The van der Waals surface area contributed by atoms with Gasteiger partial charge in [0, 0.05) is 40.2 Å². The van der Waals surface area contributed by atoms with E-state index in [0.717, 1.165) is 27.8 Å². The number of fused-ring (bicyclic) bond motifs is 1. The lowest BCUT2D eigenvalue weighted by atomic mass is 10.1. The topological polar surface area (TPSA) is 60.1 Å². The first-order valence-electron chi connectivity index (χ1n) is 7.47. The van der Waals surface area contributed by atoms with Gasteiger partial charge in [0.15, 0.2) is 0 Å². The van der Waals surface area contributed by atoms with Crippen LogP contribution in [0.25, 0.3) is 10.9 Å². The molecule has 0 saturated heterocycles. The third-order valence-corrected chi connectivity index (χ3v) is 4.42. The maximum atomic E-state index is 12.1. The Morgan fingerprint density at radius 1 is 1.35 bits per heavy atom. The van der Waals surface area contributed by atoms with E-state index in [1.165, 1.54) is 5.39 Å². The van der Waals surface area contributed by atoms with E-state index >= 15 is 0 Å². The molecule has 120 valence electrons. The monoisotopic (exact) mass is 375 g/mol. The van der Waals surface area contributed by atoms with Gasteiger partial charge in [-0.1, -0.05) is 21.1 Å². The average Bonchev–Trinajstić information content (AvgIpc) is 3.05. The second kappa shape index (κ2) is 6.58. The zero-order chi connectivity index (χ0) is 16.4. The molecule has 1 amide bonds. The summed E-state index contributed by atoms with van der Waals surface area (Å²) in [6.45, 7) is 5.00. The Morgan fingerprint density at radius 2 is 2.17 bits per heavy atom. The maximum absolute atomic E-state index is 12.1. The molecule has 0 aliphatic rings. The number of aromatic nitrogens is 2. The van der Waals surface area contributed by atoms with Crippen LogP contribution in [0.5, 0.6) is 0 Å². The van der Waals surface area contributed by atoms with Crippen LogP contribution in [-0.4, -0.2) is 22.2 Å². The summed E-state index contributed by atoms with van der Waals surface area (Å²) in [5.41, 5.74) is 2.81. The highest BCUT2D eigenvalue weighted by molar-refractivity contribution is 9.10. The van der Waals surface area contributed by atoms with Crippen molar-refractivity contribution in [1.29, 1.82) is 0 Å². The Bertz CT molecular complexity index is 831. The number of hydrogen-bond donors (Lipinski definition) is 1. The lowest BCUT2D eigenvalue weighted by Crippen LogP contribution is -2.28. The van der Waals surface area contributed by atoms with Gasteiger partial charge in [-0.05, 0) is 38.1 Å². The Morgan fingerprint density at radius 3 is 2.91 bits per heavy atom. The number of carbonyl (C=O) groups excluding carboxylic acids is 1. The van der Waals surface area contributed by atoms with Crippen molar-refractivity contribution in [3.05, 3.63) is 52.0 Å². The minimum Gasteiger partial charge on any atom is -0.361 e. The highest BCUT2D eigenvalue weighted by Crippen LogP contribution is 2.20. The number of hydrogen-bond acceptors (Lipinski definition) is 3. The van der Waals surface area contributed by atoms with Crippen molar-refractivity contribution in [3.8, 4) is 0 Å². The number of nitrogens with one attached hydrogen (secondary N) is 1. The molecule has 23 heavy (non-hydrogen) atoms. The zero-order valence-electron chi connectivity index (χ0n) is 13.1. The fourth-order valence-electron chi connectivity index (χ4n) is 2.66. The molecule has 2 heterocycles. The van der Waals surface area contributed by atoms with Gasteiger partial charge in [0.05, 0.1) is 12.1 Å². The summed E-state index contributed by atoms with van der Waals surface area (Å²) in [6, 6.07) is 8.26. The van der Waals surface area contributed by atoms with Crippen LogP contribution in [0.2, 0.25) is 0 Å². The summed E-state index contributed by atoms with van der Waals surface area (Å²) in [5.74, 6) is 0.693. The minimum atomic E-state index is -0.0152. The third kappa shape index (κ3) is 3.47. The molecule has 5 nitrogen and oxygen atoms in total. The van der Waals surface area contributed by atoms with E-state index in [0.29, 0.717) is 18.7 Å². The SMILES string of the molecule is Cc1noc(C)c1CC(=O)NCCn1ccc2cc(Br)ccc21. The van der Waals surface area contributed by atoms with Crippen LogP contribution in [0.3, 0.4) is 0 Å². The van der Waals surface area contributed by atoms with Gasteiger partial charge >= 0.3 is 0 Å². The highest BCUT2D eigenvalue weighted by Gasteiger charge is 2.13. The lowest BCUT2D eigenvalue weighted by Gasteiger charge is -2.08. The summed E-state index contributed by atoms with van der Waals surface area (Å²) >= 11 is 3.47. The molecule has 6 heteroatoms. The van der Waals surface area contributed by atoms with E-state index in [9.17, 15) is 4.79 Å². The number of rotatable bonds is 5. The van der Waals surface area contributed by atoms with Crippen molar-refractivity contribution < 1.29 is 9.32 Å². The Hall–Kier alpha value is -2.08. The molecule has 0 saturated carbocycles. The van der Waals surface area contributed by atoms with Crippen LogP contribution in [0, 0.1) is 13.8 Å². The van der Waals surface area contributed by atoms with E-state index in [2.05, 4.69) is 49.2 Å². The molecule has 0 radical (unpaired) electrons. The molecule has 0 aliphatic heterocycles. The van der Waals surface area contributed by atoms with Gasteiger partial charge in [0.25, 0.3) is 0 Å². The number of carbonyl (C=O) groups is 1. The number of benzene rings is 1. The fourth-order valence-corrected chi connectivity index (χ4v) is 3.04. The van der Waals surface area contributed by atoms with Crippen LogP contribution >= 0.6 is 15.9 Å². The van der Waals surface area contributed by atoms with Gasteiger partial charge in [0.2, 0.25) is 5.91 Å². The van der Waals surface area contributed by atoms with Gasteiger partial charge in [-0.3, -0.25) is 4.79 Å². The van der Waals surface area contributed by atoms with E-state index < -0.39 is 0 Å². The van der Waals surface area contributed by atoms with Crippen molar-refractivity contribution in [2.75, 3.05) is 6.54 Å². The summed E-state index contributed by atoms with van der Waals surface area (Å²) in [5, 5.41) is 8.00. The predicted octanol–water partition coefficient (Wildman–Crippen LogP) is 3.37. The van der Waals surface area contributed by atoms with Gasteiger partial charge in [-0.25, -0.2) is 0 Å². The summed E-state index contributed by atoms with van der Waals surface area (Å²) in [4.78, 5) is 12.1. The molecule has 0 fully saturated rings. The molecule has 0 atom stereocenters. The van der Waals surface area contributed by atoms with Crippen LogP contribution in [0.1, 0.15) is 17.0 Å². The smallest absolute Gasteiger partial charge is 0.224 e.